The molecule has 0 amide bonds. The largest absolute Gasteiger partial charge is 0.294 e. The Kier molecular flexibility index (Phi) is 3.50. The second-order valence-electron chi connectivity index (χ2n) is 3.97. The quantitative estimate of drug-likeness (QED) is 0.781. The summed E-state index contributed by atoms with van der Waals surface area (Å²) in [4.78, 5) is 11.8. The van der Waals surface area contributed by atoms with Crippen LogP contribution in [0.2, 0.25) is 0 Å². The van der Waals surface area contributed by atoms with E-state index in [1.54, 1.807) is 24.0 Å². The Morgan fingerprint density at radius 2 is 2.11 bits per heavy atom. The Balaban J connectivity index is 2.09. The summed E-state index contributed by atoms with van der Waals surface area (Å²) in [6, 6.07) is 5.40. The minimum atomic E-state index is -1.08. The second-order valence-corrected chi connectivity index (χ2v) is 3.97. The monoisotopic (exact) mass is 250 g/mol. The Morgan fingerprint density at radius 1 is 1.33 bits per heavy atom. The molecule has 18 heavy (non-hydrogen) atoms. The summed E-state index contributed by atoms with van der Waals surface area (Å²) in [5.41, 5.74) is 0.678. The van der Waals surface area contributed by atoms with E-state index in [4.69, 9.17) is 0 Å². The van der Waals surface area contributed by atoms with Crippen LogP contribution in [0.4, 0.5) is 8.78 Å². The van der Waals surface area contributed by atoms with Crippen molar-refractivity contribution in [2.24, 2.45) is 7.05 Å². The summed E-state index contributed by atoms with van der Waals surface area (Å²) < 4.78 is 28.0. The fourth-order valence-electron chi connectivity index (χ4n) is 1.74. The van der Waals surface area contributed by atoms with Gasteiger partial charge in [-0.15, -0.1) is 0 Å². The highest BCUT2D eigenvalue weighted by Crippen LogP contribution is 2.14. The molecular formula is C13H12F2N2O. The number of aromatic nitrogens is 2. The molecule has 0 bridgehead atoms. The molecule has 0 spiro atoms. The van der Waals surface area contributed by atoms with Gasteiger partial charge in [-0.05, 0) is 24.6 Å². The Morgan fingerprint density at radius 3 is 2.78 bits per heavy atom. The van der Waals surface area contributed by atoms with Crippen molar-refractivity contribution in [1.82, 2.24) is 9.78 Å². The van der Waals surface area contributed by atoms with Crippen molar-refractivity contribution in [3.8, 4) is 0 Å². The van der Waals surface area contributed by atoms with Crippen LogP contribution in [0.25, 0.3) is 0 Å². The Bertz CT molecular complexity index is 578. The maximum Gasteiger partial charge on any atom is 0.169 e. The number of carbonyl (C=O) groups excluding carboxylic acids is 1. The van der Waals surface area contributed by atoms with Gasteiger partial charge < -0.3 is 0 Å². The van der Waals surface area contributed by atoms with Gasteiger partial charge in [0.25, 0.3) is 0 Å². The third-order valence-electron chi connectivity index (χ3n) is 2.78. The summed E-state index contributed by atoms with van der Waals surface area (Å²) in [6.07, 6.45) is 2.20. The van der Waals surface area contributed by atoms with E-state index in [2.05, 4.69) is 5.10 Å². The van der Waals surface area contributed by atoms with E-state index in [1.807, 2.05) is 0 Å². The lowest BCUT2D eigenvalue weighted by Gasteiger charge is -2.04. The number of aryl methyl sites for hydroxylation is 2. The maximum absolute atomic E-state index is 13.4. The minimum absolute atomic E-state index is 0.125. The van der Waals surface area contributed by atoms with Crippen molar-refractivity contribution in [2.75, 3.05) is 0 Å². The van der Waals surface area contributed by atoms with E-state index in [9.17, 15) is 13.6 Å². The number of Topliss-reactive ketones (excluding diaryl/α,β-unsaturated/α-hetero) is 1. The number of halogens is 2. The molecule has 0 aliphatic heterocycles. The SMILES string of the molecule is Cn1nccc1CCC(=O)c1cccc(F)c1F. The highest BCUT2D eigenvalue weighted by molar-refractivity contribution is 5.96. The van der Waals surface area contributed by atoms with Gasteiger partial charge in [0, 0.05) is 25.4 Å². The van der Waals surface area contributed by atoms with Crippen LogP contribution in [0.15, 0.2) is 30.5 Å². The van der Waals surface area contributed by atoms with Crippen LogP contribution >= 0.6 is 0 Å². The molecule has 0 atom stereocenters. The van der Waals surface area contributed by atoms with Crippen LogP contribution in [0, 0.1) is 11.6 Å². The molecule has 1 heterocycles. The van der Waals surface area contributed by atoms with Crippen molar-refractivity contribution in [3.05, 3.63) is 53.4 Å². The lowest BCUT2D eigenvalue weighted by molar-refractivity contribution is 0.0977. The van der Waals surface area contributed by atoms with Gasteiger partial charge in [0.2, 0.25) is 0 Å². The van der Waals surface area contributed by atoms with Crippen molar-refractivity contribution in [1.29, 1.82) is 0 Å². The van der Waals surface area contributed by atoms with Gasteiger partial charge in [0.05, 0.1) is 5.56 Å². The third-order valence-corrected chi connectivity index (χ3v) is 2.78. The number of benzene rings is 1. The standard InChI is InChI=1S/C13H12F2N2O/c1-17-9(7-8-16-17)5-6-12(18)10-3-2-4-11(14)13(10)15/h2-4,7-8H,5-6H2,1H3. The van der Waals surface area contributed by atoms with Gasteiger partial charge in [0.1, 0.15) is 0 Å². The fourth-order valence-corrected chi connectivity index (χ4v) is 1.74. The average molecular weight is 250 g/mol. The molecule has 0 fully saturated rings. The number of rotatable bonds is 4. The molecule has 0 saturated heterocycles. The first-order valence-electron chi connectivity index (χ1n) is 5.53. The summed E-state index contributed by atoms with van der Waals surface area (Å²) in [5, 5.41) is 3.97. The molecule has 0 radical (unpaired) electrons. The zero-order valence-corrected chi connectivity index (χ0v) is 9.86. The smallest absolute Gasteiger partial charge is 0.169 e. The number of carbonyl (C=O) groups is 1. The van der Waals surface area contributed by atoms with E-state index in [1.165, 1.54) is 12.1 Å². The zero-order chi connectivity index (χ0) is 13.1. The van der Waals surface area contributed by atoms with E-state index in [0.29, 0.717) is 6.42 Å². The van der Waals surface area contributed by atoms with Crippen LogP contribution in [-0.2, 0) is 13.5 Å². The third kappa shape index (κ3) is 2.45. The molecule has 3 nitrogen and oxygen atoms in total. The normalized spacial score (nSPS) is 10.6. The molecular weight excluding hydrogens is 238 g/mol. The molecule has 0 aliphatic rings. The summed E-state index contributed by atoms with van der Waals surface area (Å²) in [5.74, 6) is -2.48. The van der Waals surface area contributed by atoms with Crippen LogP contribution in [0.5, 0.6) is 0 Å². The maximum atomic E-state index is 13.4. The first kappa shape index (κ1) is 12.4. The lowest BCUT2D eigenvalue weighted by Crippen LogP contribution is -2.07. The van der Waals surface area contributed by atoms with Gasteiger partial charge >= 0.3 is 0 Å². The zero-order valence-electron chi connectivity index (χ0n) is 9.86. The fraction of sp³-hybridized carbons (Fsp3) is 0.231. The van der Waals surface area contributed by atoms with E-state index in [0.717, 1.165) is 11.8 Å². The topological polar surface area (TPSA) is 34.9 Å². The molecule has 2 aromatic rings. The minimum Gasteiger partial charge on any atom is -0.294 e. The number of hydrogen-bond acceptors (Lipinski definition) is 2. The van der Waals surface area contributed by atoms with Crippen LogP contribution in [0.3, 0.4) is 0 Å². The first-order valence-corrected chi connectivity index (χ1v) is 5.53. The number of ketones is 1. The molecule has 0 saturated carbocycles. The van der Waals surface area contributed by atoms with Crippen molar-refractivity contribution in [3.63, 3.8) is 0 Å². The Hall–Kier alpha value is -2.04. The number of nitrogens with zero attached hydrogens (tertiary/aromatic N) is 2. The summed E-state index contributed by atoms with van der Waals surface area (Å²) >= 11 is 0. The highest BCUT2D eigenvalue weighted by Gasteiger charge is 2.15. The van der Waals surface area contributed by atoms with Crippen LogP contribution < -0.4 is 0 Å². The van der Waals surface area contributed by atoms with Gasteiger partial charge in [-0.1, -0.05) is 6.07 Å². The van der Waals surface area contributed by atoms with Crippen LogP contribution in [0.1, 0.15) is 22.5 Å². The van der Waals surface area contributed by atoms with Gasteiger partial charge in [-0.25, -0.2) is 8.78 Å². The molecule has 94 valence electrons. The van der Waals surface area contributed by atoms with Gasteiger partial charge in [0.15, 0.2) is 17.4 Å². The molecule has 5 heteroatoms. The summed E-state index contributed by atoms with van der Waals surface area (Å²) in [6.45, 7) is 0. The van der Waals surface area contributed by atoms with E-state index >= 15 is 0 Å². The van der Waals surface area contributed by atoms with Gasteiger partial charge in [-0.2, -0.15) is 5.10 Å². The molecule has 1 aromatic heterocycles. The number of hydrogen-bond donors (Lipinski definition) is 0. The molecule has 1 aromatic carbocycles. The van der Waals surface area contributed by atoms with Crippen molar-refractivity contribution in [2.45, 2.75) is 12.8 Å². The van der Waals surface area contributed by atoms with E-state index in [-0.39, 0.29) is 12.0 Å². The predicted octanol–water partition coefficient (Wildman–Crippen LogP) is 2.51. The average Bonchev–Trinajstić information content (AvgIpc) is 2.75. The highest BCUT2D eigenvalue weighted by atomic mass is 19.2. The molecule has 0 unspecified atom stereocenters. The second kappa shape index (κ2) is 5.08. The van der Waals surface area contributed by atoms with Gasteiger partial charge in [-0.3, -0.25) is 9.48 Å². The van der Waals surface area contributed by atoms with Crippen molar-refractivity contribution < 1.29 is 13.6 Å². The predicted molar refractivity (Wildman–Crippen MR) is 62.2 cm³/mol. The lowest BCUT2D eigenvalue weighted by atomic mass is 10.0. The van der Waals surface area contributed by atoms with Crippen LogP contribution in [-0.4, -0.2) is 15.6 Å². The van der Waals surface area contributed by atoms with E-state index < -0.39 is 17.4 Å². The first-order chi connectivity index (χ1) is 8.59. The van der Waals surface area contributed by atoms with Crippen molar-refractivity contribution >= 4 is 5.78 Å². The Labute approximate surface area is 103 Å². The summed E-state index contributed by atoms with van der Waals surface area (Å²) in [7, 11) is 1.77. The molecule has 0 N–H and O–H groups in total. The molecule has 0 aliphatic carbocycles. The molecule has 2 rings (SSSR count).